The Morgan fingerprint density at radius 1 is 1.56 bits per heavy atom. The topological polar surface area (TPSA) is 65.2 Å². The van der Waals surface area contributed by atoms with Crippen molar-refractivity contribution in [3.8, 4) is 0 Å². The van der Waals surface area contributed by atoms with Crippen molar-refractivity contribution >= 4 is 28.0 Å². The molecular formula is C13H16N2O2S. The summed E-state index contributed by atoms with van der Waals surface area (Å²) >= 11 is 1.32. The molecule has 4 nitrogen and oxygen atoms in total. The molecule has 0 bridgehead atoms. The molecule has 1 aromatic rings. The molecule has 0 fully saturated rings. The molecule has 0 saturated heterocycles. The Morgan fingerprint density at radius 2 is 2.39 bits per heavy atom. The lowest BCUT2D eigenvalue weighted by molar-refractivity contribution is -0.133. The number of ether oxygens (including phenoxy) is 1. The van der Waals surface area contributed by atoms with Crippen LogP contribution in [0.2, 0.25) is 0 Å². The Kier molecular flexibility index (Phi) is 4.15. The lowest BCUT2D eigenvalue weighted by Gasteiger charge is -2.10. The summed E-state index contributed by atoms with van der Waals surface area (Å²) in [6.45, 7) is 0. The van der Waals surface area contributed by atoms with Crippen molar-refractivity contribution in [3.05, 3.63) is 28.8 Å². The van der Waals surface area contributed by atoms with Gasteiger partial charge in [0.25, 0.3) is 0 Å². The summed E-state index contributed by atoms with van der Waals surface area (Å²) in [5.74, 6) is -0.369. The van der Waals surface area contributed by atoms with Crippen LogP contribution in [0.1, 0.15) is 31.4 Å². The number of methoxy groups -OCH3 is 1. The summed E-state index contributed by atoms with van der Waals surface area (Å²) < 4.78 is 4.81. The van der Waals surface area contributed by atoms with E-state index in [4.69, 9.17) is 10.5 Å². The highest BCUT2D eigenvalue weighted by Gasteiger charge is 2.16. The Balaban J connectivity index is 2.33. The van der Waals surface area contributed by atoms with E-state index in [-0.39, 0.29) is 5.97 Å². The molecule has 1 heterocycles. The first kappa shape index (κ1) is 12.8. The second-order valence-electron chi connectivity index (χ2n) is 4.15. The third-order valence-corrected chi connectivity index (χ3v) is 3.53. The van der Waals surface area contributed by atoms with Crippen LogP contribution in [0.5, 0.6) is 0 Å². The number of carbonyl (C=O) groups is 1. The highest BCUT2D eigenvalue weighted by Crippen LogP contribution is 2.25. The lowest BCUT2D eigenvalue weighted by Crippen LogP contribution is -2.05. The minimum atomic E-state index is -0.369. The number of carbonyl (C=O) groups excluding carboxylic acids is 1. The fourth-order valence-electron chi connectivity index (χ4n) is 1.94. The van der Waals surface area contributed by atoms with Gasteiger partial charge in [0.1, 0.15) is 0 Å². The van der Waals surface area contributed by atoms with Gasteiger partial charge in [-0.1, -0.05) is 11.6 Å². The summed E-state index contributed by atoms with van der Waals surface area (Å²) in [6.07, 6.45) is 8.49. The lowest BCUT2D eigenvalue weighted by atomic mass is 9.97. The molecule has 18 heavy (non-hydrogen) atoms. The van der Waals surface area contributed by atoms with Crippen LogP contribution in [0.3, 0.4) is 0 Å². The standard InChI is InChI=1S/C13H16N2O2S/c1-17-12(16)10(11-8-18-13(14)15-11)7-9-5-3-2-4-6-9/h5,7-8H,2-4,6H2,1H3,(H2,14,15)/b10-7-. The monoisotopic (exact) mass is 264 g/mol. The number of hydrogen-bond donors (Lipinski definition) is 1. The van der Waals surface area contributed by atoms with E-state index in [1.165, 1.54) is 30.4 Å². The zero-order valence-corrected chi connectivity index (χ0v) is 11.1. The summed E-state index contributed by atoms with van der Waals surface area (Å²) in [4.78, 5) is 15.9. The molecule has 0 aliphatic heterocycles. The number of hydrogen-bond acceptors (Lipinski definition) is 5. The highest BCUT2D eigenvalue weighted by molar-refractivity contribution is 7.13. The maximum absolute atomic E-state index is 11.8. The first-order valence-corrected chi connectivity index (χ1v) is 6.79. The number of nitrogens with two attached hydrogens (primary N) is 1. The summed E-state index contributed by atoms with van der Waals surface area (Å²) in [7, 11) is 1.38. The average Bonchev–Trinajstić information content (AvgIpc) is 2.83. The van der Waals surface area contributed by atoms with E-state index in [0.717, 1.165) is 19.3 Å². The van der Waals surface area contributed by atoms with Crippen LogP contribution in [0, 0.1) is 0 Å². The SMILES string of the molecule is COC(=O)/C(=C\C1=CCCCC1)c1csc(N)n1. The van der Waals surface area contributed by atoms with Crippen LogP contribution in [0.4, 0.5) is 5.13 Å². The molecule has 0 spiro atoms. The maximum Gasteiger partial charge on any atom is 0.340 e. The van der Waals surface area contributed by atoms with E-state index in [1.807, 2.05) is 6.08 Å². The van der Waals surface area contributed by atoms with Crippen molar-refractivity contribution in [1.82, 2.24) is 4.98 Å². The van der Waals surface area contributed by atoms with E-state index in [9.17, 15) is 4.79 Å². The molecule has 0 saturated carbocycles. The second kappa shape index (κ2) is 5.82. The first-order valence-electron chi connectivity index (χ1n) is 5.91. The molecule has 0 atom stereocenters. The van der Waals surface area contributed by atoms with Gasteiger partial charge in [0, 0.05) is 5.38 Å². The third kappa shape index (κ3) is 2.98. The zero-order chi connectivity index (χ0) is 13.0. The van der Waals surface area contributed by atoms with Gasteiger partial charge in [-0.2, -0.15) is 0 Å². The minimum absolute atomic E-state index is 0.369. The molecule has 0 radical (unpaired) electrons. The van der Waals surface area contributed by atoms with Crippen molar-refractivity contribution in [2.75, 3.05) is 12.8 Å². The van der Waals surface area contributed by atoms with E-state index >= 15 is 0 Å². The Morgan fingerprint density at radius 3 is 2.94 bits per heavy atom. The van der Waals surface area contributed by atoms with Gasteiger partial charge >= 0.3 is 5.97 Å². The van der Waals surface area contributed by atoms with Gasteiger partial charge in [0.05, 0.1) is 18.4 Å². The van der Waals surface area contributed by atoms with Gasteiger partial charge < -0.3 is 10.5 Å². The summed E-state index contributed by atoms with van der Waals surface area (Å²) in [6, 6.07) is 0. The number of esters is 1. The number of allylic oxidation sites excluding steroid dienone is 3. The van der Waals surface area contributed by atoms with Gasteiger partial charge in [-0.3, -0.25) is 0 Å². The van der Waals surface area contributed by atoms with Crippen LogP contribution < -0.4 is 5.73 Å². The molecule has 0 unspecified atom stereocenters. The van der Waals surface area contributed by atoms with E-state index in [1.54, 1.807) is 5.38 Å². The van der Waals surface area contributed by atoms with Crippen molar-refractivity contribution in [2.24, 2.45) is 0 Å². The van der Waals surface area contributed by atoms with Crippen molar-refractivity contribution in [3.63, 3.8) is 0 Å². The molecular weight excluding hydrogens is 248 g/mol. The minimum Gasteiger partial charge on any atom is -0.465 e. The Bertz CT molecular complexity index is 503. The van der Waals surface area contributed by atoms with Crippen LogP contribution in [0.15, 0.2) is 23.1 Å². The predicted octanol–water partition coefficient (Wildman–Crippen LogP) is 2.78. The molecule has 2 N–H and O–H groups in total. The fraction of sp³-hybridized carbons (Fsp3) is 0.385. The number of nitrogens with zero attached hydrogens (tertiary/aromatic N) is 1. The normalized spacial score (nSPS) is 16.3. The molecule has 1 aliphatic rings. The Hall–Kier alpha value is -1.62. The van der Waals surface area contributed by atoms with E-state index < -0.39 is 0 Å². The molecule has 0 amide bonds. The largest absolute Gasteiger partial charge is 0.465 e. The van der Waals surface area contributed by atoms with Gasteiger partial charge in [-0.25, -0.2) is 9.78 Å². The molecule has 2 rings (SSSR count). The molecule has 96 valence electrons. The van der Waals surface area contributed by atoms with E-state index in [2.05, 4.69) is 11.1 Å². The molecule has 1 aliphatic carbocycles. The summed E-state index contributed by atoms with van der Waals surface area (Å²) in [5.41, 5.74) is 7.86. The Labute approximate surface area is 110 Å². The first-order chi connectivity index (χ1) is 8.70. The fourth-order valence-corrected chi connectivity index (χ4v) is 2.50. The molecule has 5 heteroatoms. The second-order valence-corrected chi connectivity index (χ2v) is 5.04. The molecule has 1 aromatic heterocycles. The van der Waals surface area contributed by atoms with Gasteiger partial charge in [0.2, 0.25) is 0 Å². The highest BCUT2D eigenvalue weighted by atomic mass is 32.1. The van der Waals surface area contributed by atoms with Crippen molar-refractivity contribution < 1.29 is 9.53 Å². The van der Waals surface area contributed by atoms with Crippen molar-refractivity contribution in [1.29, 1.82) is 0 Å². The molecule has 0 aromatic carbocycles. The third-order valence-electron chi connectivity index (χ3n) is 2.86. The number of nitrogen functional groups attached to an aromatic ring is 1. The van der Waals surface area contributed by atoms with Crippen molar-refractivity contribution in [2.45, 2.75) is 25.7 Å². The van der Waals surface area contributed by atoms with Gasteiger partial charge in [0.15, 0.2) is 5.13 Å². The maximum atomic E-state index is 11.8. The smallest absolute Gasteiger partial charge is 0.340 e. The van der Waals surface area contributed by atoms with Gasteiger partial charge in [-0.15, -0.1) is 11.3 Å². The van der Waals surface area contributed by atoms with Crippen LogP contribution >= 0.6 is 11.3 Å². The quantitative estimate of drug-likeness (QED) is 0.673. The average molecular weight is 264 g/mol. The number of aromatic nitrogens is 1. The zero-order valence-electron chi connectivity index (χ0n) is 10.3. The number of anilines is 1. The predicted molar refractivity (Wildman–Crippen MR) is 73.1 cm³/mol. The van der Waals surface area contributed by atoms with Gasteiger partial charge in [-0.05, 0) is 31.8 Å². The number of thiazole rings is 1. The number of rotatable bonds is 3. The van der Waals surface area contributed by atoms with E-state index in [0.29, 0.717) is 16.4 Å². The summed E-state index contributed by atoms with van der Waals surface area (Å²) in [5, 5.41) is 2.24. The van der Waals surface area contributed by atoms with Crippen LogP contribution in [-0.4, -0.2) is 18.1 Å². The van der Waals surface area contributed by atoms with Crippen LogP contribution in [-0.2, 0) is 9.53 Å². The van der Waals surface area contributed by atoms with Crippen LogP contribution in [0.25, 0.3) is 5.57 Å².